The molecule has 3 heterocycles. The van der Waals surface area contributed by atoms with Gasteiger partial charge in [-0.3, -0.25) is 14.6 Å². The summed E-state index contributed by atoms with van der Waals surface area (Å²) in [6.45, 7) is 3.13. The van der Waals surface area contributed by atoms with Crippen molar-refractivity contribution in [3.63, 3.8) is 0 Å². The van der Waals surface area contributed by atoms with Gasteiger partial charge < -0.3 is 15.2 Å². The van der Waals surface area contributed by atoms with Crippen LogP contribution in [0.15, 0.2) is 24.5 Å². The van der Waals surface area contributed by atoms with Gasteiger partial charge in [0.25, 0.3) is 5.91 Å². The lowest BCUT2D eigenvalue weighted by atomic mass is 9.97. The highest BCUT2D eigenvalue weighted by molar-refractivity contribution is 5.97. The number of H-pyrrole nitrogens is 1. The molecule has 0 radical (unpaired) electrons. The van der Waals surface area contributed by atoms with Gasteiger partial charge in [0.1, 0.15) is 5.69 Å². The molecule has 2 N–H and O–H groups in total. The fourth-order valence-corrected chi connectivity index (χ4v) is 4.20. The lowest BCUT2D eigenvalue weighted by Gasteiger charge is -2.37. The molecular weight excluding hydrogens is 304 g/mol. The molecule has 24 heavy (non-hydrogen) atoms. The average molecular weight is 326 g/mol. The van der Waals surface area contributed by atoms with E-state index in [0.29, 0.717) is 18.2 Å². The van der Waals surface area contributed by atoms with Gasteiger partial charge in [0.05, 0.1) is 0 Å². The number of amides is 2. The largest absolute Gasteiger partial charge is 0.350 e. The summed E-state index contributed by atoms with van der Waals surface area (Å²) in [4.78, 5) is 33.5. The van der Waals surface area contributed by atoms with Crippen LogP contribution in [0.2, 0.25) is 0 Å². The van der Waals surface area contributed by atoms with Crippen molar-refractivity contribution in [3.05, 3.63) is 30.2 Å². The molecule has 1 aliphatic carbocycles. The molecule has 6 heteroatoms. The van der Waals surface area contributed by atoms with E-state index in [4.69, 9.17) is 0 Å². The summed E-state index contributed by atoms with van der Waals surface area (Å²) < 4.78 is 0. The second kappa shape index (κ2) is 5.61. The van der Waals surface area contributed by atoms with Gasteiger partial charge in [0.2, 0.25) is 5.91 Å². The molecule has 2 amide bonds. The third kappa shape index (κ3) is 2.46. The Bertz CT molecular complexity index is 766. The molecule has 2 aromatic heterocycles. The van der Waals surface area contributed by atoms with Crippen molar-refractivity contribution in [1.82, 2.24) is 20.2 Å². The quantitative estimate of drug-likeness (QED) is 0.906. The van der Waals surface area contributed by atoms with Gasteiger partial charge in [0, 0.05) is 54.8 Å². The Balaban J connectivity index is 1.40. The van der Waals surface area contributed by atoms with Gasteiger partial charge in [0.15, 0.2) is 0 Å². The third-order valence-electron chi connectivity index (χ3n) is 5.53. The predicted octanol–water partition coefficient (Wildman–Crippen LogP) is 2.08. The first-order valence-electron chi connectivity index (χ1n) is 8.59. The minimum Gasteiger partial charge on any atom is -0.350 e. The second-order valence-electron chi connectivity index (χ2n) is 6.99. The topological polar surface area (TPSA) is 78.1 Å². The molecule has 0 aromatic carbocycles. The summed E-state index contributed by atoms with van der Waals surface area (Å²) in [6.07, 6.45) is 7.76. The molecule has 1 aliphatic heterocycles. The zero-order valence-electron chi connectivity index (χ0n) is 13.8. The van der Waals surface area contributed by atoms with Gasteiger partial charge in [-0.25, -0.2) is 0 Å². The van der Waals surface area contributed by atoms with Crippen LogP contribution in [0.5, 0.6) is 0 Å². The van der Waals surface area contributed by atoms with Crippen LogP contribution in [0.4, 0.5) is 0 Å². The number of pyridine rings is 1. The number of hydrogen-bond acceptors (Lipinski definition) is 3. The Morgan fingerprint density at radius 1 is 1.46 bits per heavy atom. The van der Waals surface area contributed by atoms with Crippen LogP contribution < -0.4 is 5.32 Å². The monoisotopic (exact) mass is 326 g/mol. The Morgan fingerprint density at radius 3 is 3.12 bits per heavy atom. The molecule has 2 aliphatic rings. The molecule has 2 aromatic rings. The van der Waals surface area contributed by atoms with E-state index in [1.54, 1.807) is 19.3 Å². The molecule has 0 bridgehead atoms. The normalized spacial score (nSPS) is 25.9. The van der Waals surface area contributed by atoms with E-state index < -0.39 is 0 Å². The maximum atomic E-state index is 12.4. The summed E-state index contributed by atoms with van der Waals surface area (Å²) >= 11 is 0. The molecule has 2 atom stereocenters. The summed E-state index contributed by atoms with van der Waals surface area (Å²) in [5.41, 5.74) is 1.47. The van der Waals surface area contributed by atoms with E-state index in [1.165, 1.54) is 6.42 Å². The lowest BCUT2D eigenvalue weighted by Crippen LogP contribution is -2.47. The van der Waals surface area contributed by atoms with E-state index in [1.807, 2.05) is 17.0 Å². The van der Waals surface area contributed by atoms with E-state index >= 15 is 0 Å². The fraction of sp³-hybridized carbons (Fsp3) is 0.500. The predicted molar refractivity (Wildman–Crippen MR) is 90.5 cm³/mol. The maximum Gasteiger partial charge on any atom is 0.267 e. The summed E-state index contributed by atoms with van der Waals surface area (Å²) in [5.74, 6) is 0.432. The molecule has 6 nitrogen and oxygen atoms in total. The highest BCUT2D eigenvalue weighted by Gasteiger charge is 2.59. The molecule has 2 unspecified atom stereocenters. The van der Waals surface area contributed by atoms with E-state index in [-0.39, 0.29) is 17.4 Å². The minimum absolute atomic E-state index is 0.00172. The van der Waals surface area contributed by atoms with E-state index in [2.05, 4.69) is 15.3 Å². The second-order valence-corrected chi connectivity index (χ2v) is 6.99. The van der Waals surface area contributed by atoms with Gasteiger partial charge in [-0.05, 0) is 37.8 Å². The van der Waals surface area contributed by atoms with Crippen molar-refractivity contribution in [2.75, 3.05) is 13.1 Å². The van der Waals surface area contributed by atoms with Crippen molar-refractivity contribution < 1.29 is 9.59 Å². The SMILES string of the molecule is CC(=O)N1CCCCC12CC2CNC(=O)c1cc2cnccc2[nH]1. The number of piperidine rings is 1. The minimum atomic E-state index is -0.0987. The molecule has 4 rings (SSSR count). The van der Waals surface area contributed by atoms with Crippen LogP contribution in [0.3, 0.4) is 0 Å². The Morgan fingerprint density at radius 2 is 2.33 bits per heavy atom. The number of nitrogens with one attached hydrogen (secondary N) is 2. The molecule has 2 fully saturated rings. The maximum absolute atomic E-state index is 12.4. The van der Waals surface area contributed by atoms with Crippen molar-refractivity contribution in [1.29, 1.82) is 0 Å². The highest BCUT2D eigenvalue weighted by atomic mass is 16.2. The van der Waals surface area contributed by atoms with Gasteiger partial charge in [-0.2, -0.15) is 0 Å². The zero-order valence-corrected chi connectivity index (χ0v) is 13.8. The number of likely N-dealkylation sites (tertiary alicyclic amines) is 1. The zero-order chi connectivity index (χ0) is 16.7. The van der Waals surface area contributed by atoms with Crippen LogP contribution in [0.25, 0.3) is 10.9 Å². The number of nitrogens with zero attached hydrogens (tertiary/aromatic N) is 2. The van der Waals surface area contributed by atoms with Gasteiger partial charge in [-0.1, -0.05) is 0 Å². The summed E-state index contributed by atoms with van der Waals surface area (Å²) in [7, 11) is 0. The summed E-state index contributed by atoms with van der Waals surface area (Å²) in [5, 5.41) is 3.96. The first-order valence-corrected chi connectivity index (χ1v) is 8.59. The van der Waals surface area contributed by atoms with E-state index in [9.17, 15) is 9.59 Å². The van der Waals surface area contributed by atoms with Crippen LogP contribution in [-0.4, -0.2) is 45.3 Å². The Hall–Kier alpha value is -2.37. The average Bonchev–Trinajstić information content (AvgIpc) is 3.07. The lowest BCUT2D eigenvalue weighted by molar-refractivity contribution is -0.133. The molecular formula is C18H22N4O2. The summed E-state index contributed by atoms with van der Waals surface area (Å²) in [6, 6.07) is 3.68. The number of fused-ring (bicyclic) bond motifs is 1. The molecule has 1 spiro atoms. The number of carbonyl (C=O) groups is 2. The van der Waals surface area contributed by atoms with Gasteiger partial charge >= 0.3 is 0 Å². The smallest absolute Gasteiger partial charge is 0.267 e. The van der Waals surface area contributed by atoms with Crippen molar-refractivity contribution >= 4 is 22.7 Å². The number of aromatic amines is 1. The van der Waals surface area contributed by atoms with Crippen LogP contribution >= 0.6 is 0 Å². The van der Waals surface area contributed by atoms with Gasteiger partial charge in [-0.15, -0.1) is 0 Å². The highest BCUT2D eigenvalue weighted by Crippen LogP contribution is 2.53. The van der Waals surface area contributed by atoms with Crippen molar-refractivity contribution in [3.8, 4) is 0 Å². The Labute approximate surface area is 140 Å². The number of aromatic nitrogens is 2. The first-order chi connectivity index (χ1) is 11.6. The third-order valence-corrected chi connectivity index (χ3v) is 5.53. The molecule has 1 saturated heterocycles. The number of rotatable bonds is 3. The number of hydrogen-bond donors (Lipinski definition) is 2. The van der Waals surface area contributed by atoms with Crippen LogP contribution in [0, 0.1) is 5.92 Å². The standard InChI is InChI=1S/C18H22N4O2/c1-12(23)22-7-3-2-5-18(22)9-14(18)11-20-17(24)16-8-13-10-19-6-4-15(13)21-16/h4,6,8,10,14,21H,2-3,5,7,9,11H2,1H3,(H,20,24). The fourth-order valence-electron chi connectivity index (χ4n) is 4.20. The number of carbonyl (C=O) groups excluding carboxylic acids is 2. The van der Waals surface area contributed by atoms with Crippen LogP contribution in [-0.2, 0) is 4.79 Å². The van der Waals surface area contributed by atoms with Crippen LogP contribution in [0.1, 0.15) is 43.1 Å². The Kier molecular flexibility index (Phi) is 3.55. The van der Waals surface area contributed by atoms with E-state index in [0.717, 1.165) is 36.7 Å². The van der Waals surface area contributed by atoms with Crippen molar-refractivity contribution in [2.24, 2.45) is 5.92 Å². The first kappa shape index (κ1) is 15.2. The van der Waals surface area contributed by atoms with Crippen molar-refractivity contribution in [2.45, 2.75) is 38.1 Å². The molecule has 126 valence electrons. The molecule has 1 saturated carbocycles.